The van der Waals surface area contributed by atoms with Crippen LogP contribution in [0.15, 0.2) is 24.3 Å². The van der Waals surface area contributed by atoms with E-state index in [-0.39, 0.29) is 18.1 Å². The summed E-state index contributed by atoms with van der Waals surface area (Å²) >= 11 is 0. The van der Waals surface area contributed by atoms with Crippen molar-refractivity contribution in [2.24, 2.45) is 0 Å². The van der Waals surface area contributed by atoms with E-state index in [9.17, 15) is 4.79 Å². The van der Waals surface area contributed by atoms with Crippen molar-refractivity contribution in [3.05, 3.63) is 41.5 Å². The van der Waals surface area contributed by atoms with Crippen molar-refractivity contribution < 1.29 is 14.3 Å². The minimum atomic E-state index is -0.331. The van der Waals surface area contributed by atoms with E-state index in [1.165, 1.54) is 0 Å². The Bertz CT molecular complexity index is 739. The first-order chi connectivity index (χ1) is 12.0. The number of hydrogen-bond acceptors (Lipinski definition) is 5. The maximum absolute atomic E-state index is 12.8. The molecule has 0 radical (unpaired) electrons. The summed E-state index contributed by atoms with van der Waals surface area (Å²) in [6, 6.07) is 7.41. The minimum Gasteiger partial charge on any atom is -0.497 e. The third-order valence-electron chi connectivity index (χ3n) is 4.30. The minimum absolute atomic E-state index is 0.0638. The van der Waals surface area contributed by atoms with Gasteiger partial charge in [0, 0.05) is 6.54 Å². The molecule has 1 aromatic heterocycles. The number of fused-ring (bicyclic) bond motifs is 1. The van der Waals surface area contributed by atoms with Gasteiger partial charge in [0.2, 0.25) is 5.91 Å². The summed E-state index contributed by atoms with van der Waals surface area (Å²) in [4.78, 5) is 14.6. The molecule has 0 bridgehead atoms. The number of nitrogens with zero attached hydrogens (tertiary/aromatic N) is 4. The molecule has 1 amide bonds. The Morgan fingerprint density at radius 3 is 2.60 bits per heavy atom. The lowest BCUT2D eigenvalue weighted by Gasteiger charge is -2.32. The number of amides is 1. The van der Waals surface area contributed by atoms with Crippen LogP contribution in [-0.2, 0) is 29.2 Å². The average molecular weight is 344 g/mol. The Hall–Kier alpha value is -2.41. The quantitative estimate of drug-likeness (QED) is 0.804. The summed E-state index contributed by atoms with van der Waals surface area (Å²) in [7, 11) is 1.64. The van der Waals surface area contributed by atoms with Gasteiger partial charge >= 0.3 is 0 Å². The molecule has 0 saturated heterocycles. The summed E-state index contributed by atoms with van der Waals surface area (Å²) in [5, 5.41) is 8.47. The van der Waals surface area contributed by atoms with Gasteiger partial charge in [-0.3, -0.25) is 9.36 Å². The number of carbonyl (C=O) groups excluding carboxylic acids is 1. The number of methoxy groups -OCH3 is 1. The zero-order chi connectivity index (χ0) is 18.0. The molecular weight excluding hydrogens is 320 g/mol. The van der Waals surface area contributed by atoms with Gasteiger partial charge in [0.25, 0.3) is 0 Å². The van der Waals surface area contributed by atoms with Crippen LogP contribution in [0.2, 0.25) is 0 Å². The molecule has 1 aromatic carbocycles. The van der Waals surface area contributed by atoms with Crippen LogP contribution in [-0.4, -0.2) is 38.8 Å². The van der Waals surface area contributed by atoms with Crippen LogP contribution in [0.1, 0.15) is 44.0 Å². The van der Waals surface area contributed by atoms with Crippen LogP contribution in [0, 0.1) is 0 Å². The average Bonchev–Trinajstić information content (AvgIpc) is 3.01. The first-order valence-electron chi connectivity index (χ1n) is 8.45. The van der Waals surface area contributed by atoms with E-state index in [0.717, 1.165) is 17.1 Å². The fourth-order valence-electron chi connectivity index (χ4n) is 2.96. The van der Waals surface area contributed by atoms with Crippen LogP contribution in [0.25, 0.3) is 0 Å². The molecule has 1 aliphatic heterocycles. The lowest BCUT2D eigenvalue weighted by atomic mass is 10.1. The van der Waals surface area contributed by atoms with Crippen LogP contribution < -0.4 is 4.74 Å². The number of benzene rings is 1. The maximum atomic E-state index is 12.8. The standard InChI is InChI=1S/C18H24N4O3/c1-12(2)25-11-17-20-19-16-10-21(18(23)13(3)22(16)17)9-14-5-7-15(24-4)8-6-14/h5-8,12-13H,9-11H2,1-4H3/t13-/m0/s1. The molecule has 7 nitrogen and oxygen atoms in total. The zero-order valence-corrected chi connectivity index (χ0v) is 15.1. The Labute approximate surface area is 147 Å². The monoisotopic (exact) mass is 344 g/mol. The third kappa shape index (κ3) is 3.66. The van der Waals surface area contributed by atoms with Crippen molar-refractivity contribution in [3.63, 3.8) is 0 Å². The van der Waals surface area contributed by atoms with Crippen LogP contribution >= 0.6 is 0 Å². The third-order valence-corrected chi connectivity index (χ3v) is 4.30. The molecule has 1 atom stereocenters. The second kappa shape index (κ2) is 7.23. The summed E-state index contributed by atoms with van der Waals surface area (Å²) in [6.07, 6.45) is 0.106. The predicted octanol–water partition coefficient (Wildman–Crippen LogP) is 2.32. The van der Waals surface area contributed by atoms with E-state index < -0.39 is 0 Å². The van der Waals surface area contributed by atoms with Crippen molar-refractivity contribution in [3.8, 4) is 5.75 Å². The van der Waals surface area contributed by atoms with E-state index in [4.69, 9.17) is 9.47 Å². The van der Waals surface area contributed by atoms with Gasteiger partial charge in [-0.25, -0.2) is 0 Å². The lowest BCUT2D eigenvalue weighted by Crippen LogP contribution is -2.41. The zero-order valence-electron chi connectivity index (χ0n) is 15.1. The van der Waals surface area contributed by atoms with E-state index in [1.807, 2.05) is 54.5 Å². The number of ether oxygens (including phenoxy) is 2. The molecule has 2 heterocycles. The van der Waals surface area contributed by atoms with Gasteiger partial charge in [-0.15, -0.1) is 10.2 Å². The fourth-order valence-corrected chi connectivity index (χ4v) is 2.96. The highest BCUT2D eigenvalue weighted by Gasteiger charge is 2.33. The Balaban J connectivity index is 1.76. The van der Waals surface area contributed by atoms with Gasteiger partial charge in [0.15, 0.2) is 11.6 Å². The van der Waals surface area contributed by atoms with Crippen molar-refractivity contribution in [2.75, 3.05) is 7.11 Å². The van der Waals surface area contributed by atoms with Crippen LogP contribution in [0.5, 0.6) is 5.75 Å². The van der Waals surface area contributed by atoms with E-state index in [2.05, 4.69) is 10.2 Å². The topological polar surface area (TPSA) is 69.5 Å². The van der Waals surface area contributed by atoms with Gasteiger partial charge in [-0.05, 0) is 38.5 Å². The first kappa shape index (κ1) is 17.4. The van der Waals surface area contributed by atoms with Crippen molar-refractivity contribution in [2.45, 2.75) is 52.6 Å². The van der Waals surface area contributed by atoms with E-state index >= 15 is 0 Å². The number of carbonyl (C=O) groups is 1. The molecule has 0 saturated carbocycles. The second-order valence-electron chi connectivity index (χ2n) is 6.48. The summed E-state index contributed by atoms with van der Waals surface area (Å²) in [5.41, 5.74) is 1.05. The van der Waals surface area contributed by atoms with Crippen molar-refractivity contribution in [1.82, 2.24) is 19.7 Å². The molecule has 134 valence electrons. The number of hydrogen-bond donors (Lipinski definition) is 0. The lowest BCUT2D eigenvalue weighted by molar-refractivity contribution is -0.137. The molecule has 3 rings (SSSR count). The van der Waals surface area contributed by atoms with Gasteiger partial charge in [-0.1, -0.05) is 12.1 Å². The second-order valence-corrected chi connectivity index (χ2v) is 6.48. The van der Waals surface area contributed by atoms with Crippen LogP contribution in [0.3, 0.4) is 0 Å². The summed E-state index contributed by atoms with van der Waals surface area (Å²) in [6.45, 7) is 7.17. The van der Waals surface area contributed by atoms with Gasteiger partial charge in [0.05, 0.1) is 19.8 Å². The van der Waals surface area contributed by atoms with Crippen molar-refractivity contribution in [1.29, 1.82) is 0 Å². The molecule has 0 spiro atoms. The highest BCUT2D eigenvalue weighted by Crippen LogP contribution is 2.25. The van der Waals surface area contributed by atoms with E-state index in [1.54, 1.807) is 7.11 Å². The molecule has 25 heavy (non-hydrogen) atoms. The SMILES string of the molecule is COc1ccc(CN2Cc3nnc(COC(C)C)n3[C@@H](C)C2=O)cc1. The van der Waals surface area contributed by atoms with Gasteiger partial charge in [-0.2, -0.15) is 0 Å². The molecule has 0 fully saturated rings. The highest BCUT2D eigenvalue weighted by molar-refractivity contribution is 5.81. The van der Waals surface area contributed by atoms with Crippen molar-refractivity contribution >= 4 is 5.91 Å². The first-order valence-corrected chi connectivity index (χ1v) is 8.45. The van der Waals surface area contributed by atoms with Gasteiger partial charge < -0.3 is 14.4 Å². The van der Waals surface area contributed by atoms with E-state index in [0.29, 0.717) is 25.5 Å². The smallest absolute Gasteiger partial charge is 0.246 e. The molecule has 2 aromatic rings. The molecule has 0 aliphatic carbocycles. The molecular formula is C18H24N4O3. The summed E-state index contributed by atoms with van der Waals surface area (Å²) in [5.74, 6) is 2.36. The Morgan fingerprint density at radius 1 is 1.24 bits per heavy atom. The van der Waals surface area contributed by atoms with Gasteiger partial charge in [0.1, 0.15) is 18.4 Å². The van der Waals surface area contributed by atoms with Crippen LogP contribution in [0.4, 0.5) is 0 Å². The number of rotatable bonds is 6. The molecule has 0 N–H and O–H groups in total. The maximum Gasteiger partial charge on any atom is 0.246 e. The Morgan fingerprint density at radius 2 is 1.96 bits per heavy atom. The molecule has 1 aliphatic rings. The fraction of sp³-hybridized carbons (Fsp3) is 0.500. The Kier molecular flexibility index (Phi) is 5.03. The summed E-state index contributed by atoms with van der Waals surface area (Å²) < 4.78 is 12.7. The predicted molar refractivity (Wildman–Crippen MR) is 91.9 cm³/mol. The molecule has 7 heteroatoms. The molecule has 0 unspecified atom stereocenters. The number of aromatic nitrogens is 3. The normalized spacial score (nSPS) is 17.1. The largest absolute Gasteiger partial charge is 0.497 e. The highest BCUT2D eigenvalue weighted by atomic mass is 16.5.